The van der Waals surface area contributed by atoms with Gasteiger partial charge >= 0.3 is 0 Å². The van der Waals surface area contributed by atoms with Gasteiger partial charge in [0.1, 0.15) is 5.75 Å². The fourth-order valence-electron chi connectivity index (χ4n) is 2.88. The van der Waals surface area contributed by atoms with Crippen LogP contribution >= 0.6 is 0 Å². The molecular weight excluding hydrogens is 296 g/mol. The summed E-state index contributed by atoms with van der Waals surface area (Å²) in [7, 11) is 0. The van der Waals surface area contributed by atoms with Gasteiger partial charge in [-0.1, -0.05) is 17.7 Å². The number of benzene rings is 2. The second kappa shape index (κ2) is 7.23. The third kappa shape index (κ3) is 4.07. The molecule has 2 aromatic rings. The summed E-state index contributed by atoms with van der Waals surface area (Å²) in [6.07, 6.45) is 0.486. The molecule has 0 aliphatic heterocycles. The minimum atomic E-state index is -0.940. The smallest absolute Gasteiger partial charge is 0.162 e. The minimum Gasteiger partial charge on any atom is -0.493 e. The van der Waals surface area contributed by atoms with Gasteiger partial charge in [-0.25, -0.2) is 8.78 Å². The molecule has 0 amide bonds. The van der Waals surface area contributed by atoms with Crippen molar-refractivity contribution < 1.29 is 13.5 Å². The second-order valence-corrected chi connectivity index (χ2v) is 5.71. The molecule has 1 unspecified atom stereocenters. The second-order valence-electron chi connectivity index (χ2n) is 5.71. The standard InChI is InChI=1S/C19H19F2NO/c1-12-8-13(2)19(14(3)9-12)15(11-22)6-7-23-16-4-5-17(20)18(21)10-16/h4-5,8-10,15H,6-7H2,1-3H3. The molecule has 2 nitrogen and oxygen atoms in total. The van der Waals surface area contributed by atoms with Gasteiger partial charge in [0.15, 0.2) is 11.6 Å². The number of halogens is 2. The molecule has 0 aliphatic rings. The Hall–Kier alpha value is -2.41. The van der Waals surface area contributed by atoms with Crippen molar-refractivity contribution in [3.05, 3.63) is 64.2 Å². The lowest BCUT2D eigenvalue weighted by Crippen LogP contribution is -2.08. The monoisotopic (exact) mass is 315 g/mol. The third-order valence-electron chi connectivity index (χ3n) is 3.81. The lowest BCUT2D eigenvalue weighted by atomic mass is 9.88. The van der Waals surface area contributed by atoms with Crippen LogP contribution in [0, 0.1) is 43.7 Å². The molecule has 0 radical (unpaired) electrons. The zero-order chi connectivity index (χ0) is 17.0. The highest BCUT2D eigenvalue weighted by Gasteiger charge is 2.16. The molecule has 120 valence electrons. The van der Waals surface area contributed by atoms with Gasteiger partial charge in [-0.15, -0.1) is 0 Å². The summed E-state index contributed by atoms with van der Waals surface area (Å²) in [6, 6.07) is 9.85. The van der Waals surface area contributed by atoms with E-state index < -0.39 is 11.6 Å². The average molecular weight is 315 g/mol. The Kier molecular flexibility index (Phi) is 5.33. The molecule has 2 aromatic carbocycles. The molecule has 0 saturated carbocycles. The molecule has 0 N–H and O–H groups in total. The fourth-order valence-corrected chi connectivity index (χ4v) is 2.88. The van der Waals surface area contributed by atoms with E-state index in [1.165, 1.54) is 11.6 Å². The Balaban J connectivity index is 2.06. The maximum atomic E-state index is 13.1. The molecule has 0 aliphatic carbocycles. The number of nitrogens with zero attached hydrogens (tertiary/aromatic N) is 1. The van der Waals surface area contributed by atoms with Crippen LogP contribution in [0.15, 0.2) is 30.3 Å². The van der Waals surface area contributed by atoms with Crippen LogP contribution in [0.1, 0.15) is 34.6 Å². The van der Waals surface area contributed by atoms with Crippen LogP contribution in [0.3, 0.4) is 0 Å². The maximum Gasteiger partial charge on any atom is 0.162 e. The first-order valence-corrected chi connectivity index (χ1v) is 7.47. The van der Waals surface area contributed by atoms with Crippen molar-refractivity contribution in [2.24, 2.45) is 0 Å². The van der Waals surface area contributed by atoms with E-state index in [2.05, 4.69) is 18.2 Å². The predicted octanol–water partition coefficient (Wildman–Crippen LogP) is 4.97. The first kappa shape index (κ1) is 17.0. The Morgan fingerprint density at radius 1 is 1.04 bits per heavy atom. The Morgan fingerprint density at radius 3 is 2.26 bits per heavy atom. The van der Waals surface area contributed by atoms with E-state index in [0.717, 1.165) is 28.8 Å². The van der Waals surface area contributed by atoms with Gasteiger partial charge < -0.3 is 4.74 Å². The molecule has 23 heavy (non-hydrogen) atoms. The number of hydrogen-bond acceptors (Lipinski definition) is 2. The zero-order valence-electron chi connectivity index (χ0n) is 13.5. The molecule has 2 rings (SSSR count). The molecule has 0 aromatic heterocycles. The van der Waals surface area contributed by atoms with Gasteiger partial charge in [-0.2, -0.15) is 5.26 Å². The third-order valence-corrected chi connectivity index (χ3v) is 3.81. The van der Waals surface area contributed by atoms with Crippen molar-refractivity contribution in [1.82, 2.24) is 0 Å². The summed E-state index contributed by atoms with van der Waals surface area (Å²) in [5.74, 6) is -1.87. The van der Waals surface area contributed by atoms with Crippen molar-refractivity contribution in [3.63, 3.8) is 0 Å². The van der Waals surface area contributed by atoms with Gasteiger partial charge in [-0.05, 0) is 49.6 Å². The van der Waals surface area contributed by atoms with Gasteiger partial charge in [0.2, 0.25) is 0 Å². The SMILES string of the molecule is Cc1cc(C)c(C(C#N)CCOc2ccc(F)c(F)c2)c(C)c1. The summed E-state index contributed by atoms with van der Waals surface area (Å²) in [6.45, 7) is 6.28. The van der Waals surface area contributed by atoms with Crippen LogP contribution in [0.2, 0.25) is 0 Å². The van der Waals surface area contributed by atoms with Crippen LogP contribution in [-0.4, -0.2) is 6.61 Å². The summed E-state index contributed by atoms with van der Waals surface area (Å²) in [4.78, 5) is 0. The van der Waals surface area contributed by atoms with Crippen LogP contribution in [0.25, 0.3) is 0 Å². The summed E-state index contributed by atoms with van der Waals surface area (Å²) >= 11 is 0. The first-order chi connectivity index (χ1) is 10.9. The highest BCUT2D eigenvalue weighted by atomic mass is 19.2. The van der Waals surface area contributed by atoms with Crippen molar-refractivity contribution in [3.8, 4) is 11.8 Å². The van der Waals surface area contributed by atoms with Gasteiger partial charge in [0, 0.05) is 12.5 Å². The highest BCUT2D eigenvalue weighted by molar-refractivity contribution is 5.42. The largest absolute Gasteiger partial charge is 0.493 e. The highest BCUT2D eigenvalue weighted by Crippen LogP contribution is 2.27. The average Bonchev–Trinajstić information content (AvgIpc) is 2.48. The summed E-state index contributed by atoms with van der Waals surface area (Å²) in [5, 5.41) is 9.46. The fraction of sp³-hybridized carbons (Fsp3) is 0.316. The van der Waals surface area contributed by atoms with Gasteiger partial charge in [0.05, 0.1) is 18.6 Å². The summed E-state index contributed by atoms with van der Waals surface area (Å²) in [5.41, 5.74) is 4.36. The number of hydrogen-bond donors (Lipinski definition) is 0. The number of aryl methyl sites for hydroxylation is 3. The van der Waals surface area contributed by atoms with E-state index in [1.807, 2.05) is 20.8 Å². The molecule has 4 heteroatoms. The minimum absolute atomic E-state index is 0.260. The zero-order valence-corrected chi connectivity index (χ0v) is 13.5. The van der Waals surface area contributed by atoms with Crippen LogP contribution in [0.5, 0.6) is 5.75 Å². The quantitative estimate of drug-likeness (QED) is 0.780. The van der Waals surface area contributed by atoms with E-state index in [4.69, 9.17) is 4.74 Å². The molecule has 0 bridgehead atoms. The van der Waals surface area contributed by atoms with E-state index in [0.29, 0.717) is 6.42 Å². The molecule has 0 spiro atoms. The lowest BCUT2D eigenvalue weighted by molar-refractivity contribution is 0.303. The Labute approximate surface area is 135 Å². The summed E-state index contributed by atoms with van der Waals surface area (Å²) < 4.78 is 31.4. The number of ether oxygens (including phenoxy) is 1. The maximum absolute atomic E-state index is 13.1. The lowest BCUT2D eigenvalue weighted by Gasteiger charge is -2.17. The number of nitriles is 1. The van der Waals surface area contributed by atoms with E-state index >= 15 is 0 Å². The Bertz CT molecular complexity index is 727. The number of rotatable bonds is 5. The normalized spacial score (nSPS) is 11.8. The molecule has 0 saturated heterocycles. The van der Waals surface area contributed by atoms with E-state index in [1.54, 1.807) is 0 Å². The van der Waals surface area contributed by atoms with Crippen LogP contribution < -0.4 is 4.74 Å². The molecule has 0 fully saturated rings. The molecule has 1 atom stereocenters. The van der Waals surface area contributed by atoms with Crippen molar-refractivity contribution in [2.45, 2.75) is 33.1 Å². The Morgan fingerprint density at radius 2 is 1.70 bits per heavy atom. The predicted molar refractivity (Wildman–Crippen MR) is 85.5 cm³/mol. The van der Waals surface area contributed by atoms with Crippen molar-refractivity contribution in [2.75, 3.05) is 6.61 Å². The topological polar surface area (TPSA) is 33.0 Å². The van der Waals surface area contributed by atoms with Crippen molar-refractivity contribution in [1.29, 1.82) is 5.26 Å². The van der Waals surface area contributed by atoms with Crippen molar-refractivity contribution >= 4 is 0 Å². The first-order valence-electron chi connectivity index (χ1n) is 7.47. The van der Waals surface area contributed by atoms with Crippen LogP contribution in [-0.2, 0) is 0 Å². The van der Waals surface area contributed by atoms with E-state index in [9.17, 15) is 14.0 Å². The molecule has 0 heterocycles. The van der Waals surface area contributed by atoms with E-state index in [-0.39, 0.29) is 18.3 Å². The van der Waals surface area contributed by atoms with Gasteiger partial charge in [-0.3, -0.25) is 0 Å². The molecular formula is C19H19F2NO. The van der Waals surface area contributed by atoms with Crippen LogP contribution in [0.4, 0.5) is 8.78 Å². The van der Waals surface area contributed by atoms with Gasteiger partial charge in [0.25, 0.3) is 0 Å².